The lowest BCUT2D eigenvalue weighted by atomic mass is 10.2. The van der Waals surface area contributed by atoms with Crippen LogP contribution in [0.3, 0.4) is 0 Å². The zero-order valence-electron chi connectivity index (χ0n) is 18.2. The van der Waals surface area contributed by atoms with E-state index in [0.717, 1.165) is 0 Å². The van der Waals surface area contributed by atoms with Crippen molar-refractivity contribution < 1.29 is 23.1 Å². The average Bonchev–Trinajstić information content (AvgIpc) is 3.33. The molecule has 2 aromatic carbocycles. The van der Waals surface area contributed by atoms with Crippen molar-refractivity contribution in [3.63, 3.8) is 0 Å². The van der Waals surface area contributed by atoms with Crippen molar-refractivity contribution in [2.75, 3.05) is 17.7 Å². The van der Waals surface area contributed by atoms with Crippen molar-refractivity contribution in [1.29, 1.82) is 0 Å². The topological polar surface area (TPSA) is 106 Å². The average molecular weight is 460 g/mol. The summed E-state index contributed by atoms with van der Waals surface area (Å²) in [6.45, 7) is 0. The molecule has 0 aliphatic carbocycles. The van der Waals surface area contributed by atoms with Crippen LogP contribution in [0, 0.1) is 5.82 Å². The Hall–Kier alpha value is -4.53. The van der Waals surface area contributed by atoms with Gasteiger partial charge in [0.25, 0.3) is 5.91 Å². The summed E-state index contributed by atoms with van der Waals surface area (Å²) in [5.41, 5.74) is 2.09. The molecule has 0 aliphatic rings. The van der Waals surface area contributed by atoms with Gasteiger partial charge in [0.15, 0.2) is 11.7 Å². The van der Waals surface area contributed by atoms with E-state index in [0.29, 0.717) is 46.3 Å². The van der Waals surface area contributed by atoms with E-state index < -0.39 is 0 Å². The number of rotatable bonds is 8. The number of anilines is 2. The first-order valence-electron chi connectivity index (χ1n) is 10.4. The fourth-order valence-corrected chi connectivity index (χ4v) is 3.18. The monoisotopic (exact) mass is 460 g/mol. The lowest BCUT2D eigenvalue weighted by Gasteiger charge is -2.12. The predicted octanol–water partition coefficient (Wildman–Crippen LogP) is 4.71. The number of halogens is 1. The molecule has 0 unspecified atom stereocenters. The van der Waals surface area contributed by atoms with Crippen LogP contribution >= 0.6 is 0 Å². The molecule has 0 spiro atoms. The Labute approximate surface area is 194 Å². The smallest absolute Gasteiger partial charge is 0.257 e. The summed E-state index contributed by atoms with van der Waals surface area (Å²) < 4.78 is 24.1. The molecule has 2 heterocycles. The number of amides is 2. The van der Waals surface area contributed by atoms with Crippen LogP contribution in [-0.2, 0) is 11.2 Å². The number of aryl methyl sites for hydroxylation is 1. The highest BCUT2D eigenvalue weighted by Gasteiger charge is 2.13. The van der Waals surface area contributed by atoms with Gasteiger partial charge in [-0.1, -0.05) is 0 Å². The largest absolute Gasteiger partial charge is 0.494 e. The van der Waals surface area contributed by atoms with Gasteiger partial charge in [-0.15, -0.1) is 0 Å². The molecule has 0 fully saturated rings. The number of hydrogen-bond donors (Lipinski definition) is 2. The zero-order chi connectivity index (χ0) is 23.9. The van der Waals surface area contributed by atoms with Crippen LogP contribution in [0.2, 0.25) is 0 Å². The molecule has 0 bridgehead atoms. The van der Waals surface area contributed by atoms with Crippen LogP contribution in [0.5, 0.6) is 5.75 Å². The lowest BCUT2D eigenvalue weighted by molar-refractivity contribution is -0.116. The molecule has 0 saturated heterocycles. The number of carbonyl (C=O) groups is 2. The highest BCUT2D eigenvalue weighted by Crippen LogP contribution is 2.28. The number of ether oxygens (including phenoxy) is 1. The first kappa shape index (κ1) is 22.7. The molecule has 2 aromatic heterocycles. The summed E-state index contributed by atoms with van der Waals surface area (Å²) in [7, 11) is 1.47. The minimum absolute atomic E-state index is 0.144. The van der Waals surface area contributed by atoms with E-state index in [-0.39, 0.29) is 24.1 Å². The van der Waals surface area contributed by atoms with E-state index in [1.54, 1.807) is 54.9 Å². The molecule has 8 nitrogen and oxygen atoms in total. The third-order valence-electron chi connectivity index (χ3n) is 4.91. The van der Waals surface area contributed by atoms with Gasteiger partial charge >= 0.3 is 0 Å². The fraction of sp³-hybridized carbons (Fsp3) is 0.120. The van der Waals surface area contributed by atoms with E-state index in [1.165, 1.54) is 25.4 Å². The highest BCUT2D eigenvalue weighted by molar-refractivity contribution is 6.05. The van der Waals surface area contributed by atoms with Gasteiger partial charge in [-0.05, 0) is 48.5 Å². The van der Waals surface area contributed by atoms with Crippen molar-refractivity contribution >= 4 is 23.2 Å². The van der Waals surface area contributed by atoms with Gasteiger partial charge in [0.05, 0.1) is 24.6 Å². The number of nitrogens with one attached hydrogen (secondary N) is 2. The van der Waals surface area contributed by atoms with Crippen molar-refractivity contribution in [3.8, 4) is 17.1 Å². The molecule has 9 heteroatoms. The van der Waals surface area contributed by atoms with Gasteiger partial charge in [-0.3, -0.25) is 14.6 Å². The Morgan fingerprint density at radius 1 is 1.06 bits per heavy atom. The van der Waals surface area contributed by atoms with Gasteiger partial charge in [0, 0.05) is 42.6 Å². The SMILES string of the molecule is COc1cc(NC(=O)CCc2ncc(-c3ccc(F)cc3)o2)ccc1NC(=O)c1cccnc1. The number of carbonyl (C=O) groups excluding carboxylic acids is 2. The molecule has 0 saturated carbocycles. The Bertz CT molecular complexity index is 1290. The number of methoxy groups -OCH3 is 1. The minimum atomic E-state index is -0.333. The van der Waals surface area contributed by atoms with Crippen molar-refractivity contribution in [2.24, 2.45) is 0 Å². The molecule has 172 valence electrons. The van der Waals surface area contributed by atoms with Crippen LogP contribution in [0.15, 0.2) is 77.6 Å². The van der Waals surface area contributed by atoms with E-state index >= 15 is 0 Å². The van der Waals surface area contributed by atoms with Gasteiger partial charge < -0.3 is 19.8 Å². The molecule has 34 heavy (non-hydrogen) atoms. The second kappa shape index (κ2) is 10.4. The Balaban J connectivity index is 1.34. The number of hydrogen-bond acceptors (Lipinski definition) is 6. The second-order valence-electron chi connectivity index (χ2n) is 7.28. The summed E-state index contributed by atoms with van der Waals surface area (Å²) in [5, 5.41) is 5.56. The molecule has 2 amide bonds. The van der Waals surface area contributed by atoms with Crippen LogP contribution in [-0.4, -0.2) is 28.9 Å². The van der Waals surface area contributed by atoms with E-state index in [1.807, 2.05) is 0 Å². The maximum absolute atomic E-state index is 13.1. The normalized spacial score (nSPS) is 10.5. The molecular formula is C25H21FN4O4. The second-order valence-corrected chi connectivity index (χ2v) is 7.28. The number of nitrogens with zero attached hydrogens (tertiary/aromatic N) is 2. The first-order chi connectivity index (χ1) is 16.5. The Morgan fingerprint density at radius 2 is 1.88 bits per heavy atom. The van der Waals surface area contributed by atoms with Gasteiger partial charge in [-0.2, -0.15) is 0 Å². The third kappa shape index (κ3) is 5.63. The van der Waals surface area contributed by atoms with Gasteiger partial charge in [-0.25, -0.2) is 9.37 Å². The van der Waals surface area contributed by atoms with E-state index in [2.05, 4.69) is 20.6 Å². The summed E-state index contributed by atoms with van der Waals surface area (Å²) >= 11 is 0. The maximum Gasteiger partial charge on any atom is 0.257 e. The molecule has 0 atom stereocenters. The lowest BCUT2D eigenvalue weighted by Crippen LogP contribution is -2.14. The third-order valence-corrected chi connectivity index (χ3v) is 4.91. The first-order valence-corrected chi connectivity index (χ1v) is 10.4. The number of pyridine rings is 1. The summed E-state index contributed by atoms with van der Waals surface area (Å²) in [6.07, 6.45) is 5.03. The van der Waals surface area contributed by atoms with Crippen molar-refractivity contribution in [2.45, 2.75) is 12.8 Å². The molecule has 2 N–H and O–H groups in total. The number of aromatic nitrogens is 2. The minimum Gasteiger partial charge on any atom is -0.494 e. The maximum atomic E-state index is 13.1. The summed E-state index contributed by atoms with van der Waals surface area (Å²) in [4.78, 5) is 32.9. The van der Waals surface area contributed by atoms with Crippen LogP contribution in [0.1, 0.15) is 22.7 Å². The van der Waals surface area contributed by atoms with Gasteiger partial charge in [0.2, 0.25) is 5.91 Å². The van der Waals surface area contributed by atoms with Crippen LogP contribution in [0.25, 0.3) is 11.3 Å². The van der Waals surface area contributed by atoms with E-state index in [9.17, 15) is 14.0 Å². The molecular weight excluding hydrogens is 439 g/mol. The standard InChI is InChI=1S/C25H21FN4O4/c1-33-21-13-19(8-9-20(21)30-25(32)17-3-2-12-27-14-17)29-23(31)10-11-24-28-15-22(34-24)16-4-6-18(26)7-5-16/h2-9,12-15H,10-11H2,1H3,(H,29,31)(H,30,32). The Kier molecular flexibility index (Phi) is 6.92. The van der Waals surface area contributed by atoms with Crippen LogP contribution < -0.4 is 15.4 Å². The fourth-order valence-electron chi connectivity index (χ4n) is 3.18. The summed E-state index contributed by atoms with van der Waals surface area (Å²) in [5.74, 6) is 0.404. The number of benzene rings is 2. The predicted molar refractivity (Wildman–Crippen MR) is 124 cm³/mol. The number of oxazole rings is 1. The van der Waals surface area contributed by atoms with Crippen molar-refractivity contribution in [3.05, 3.63) is 90.5 Å². The molecule has 4 aromatic rings. The van der Waals surface area contributed by atoms with E-state index in [4.69, 9.17) is 9.15 Å². The highest BCUT2D eigenvalue weighted by atomic mass is 19.1. The zero-order valence-corrected chi connectivity index (χ0v) is 18.2. The Morgan fingerprint density at radius 3 is 2.62 bits per heavy atom. The van der Waals surface area contributed by atoms with Crippen LogP contribution in [0.4, 0.5) is 15.8 Å². The summed E-state index contributed by atoms with van der Waals surface area (Å²) in [6, 6.07) is 14.1. The molecule has 4 rings (SSSR count). The molecule has 0 radical (unpaired) electrons. The van der Waals surface area contributed by atoms with Crippen molar-refractivity contribution in [1.82, 2.24) is 9.97 Å². The van der Waals surface area contributed by atoms with Gasteiger partial charge in [0.1, 0.15) is 11.6 Å². The molecule has 0 aliphatic heterocycles. The quantitative estimate of drug-likeness (QED) is 0.395.